The highest BCUT2D eigenvalue weighted by Crippen LogP contribution is 2.48. The third-order valence-corrected chi connectivity index (χ3v) is 5.97. The van der Waals surface area contributed by atoms with Crippen molar-refractivity contribution in [2.24, 2.45) is 0 Å². The summed E-state index contributed by atoms with van der Waals surface area (Å²) in [6, 6.07) is 22.1. The van der Waals surface area contributed by atoms with Crippen LogP contribution in [-0.4, -0.2) is 16.1 Å². The second-order valence-electron chi connectivity index (χ2n) is 7.79. The number of halogens is 1. The minimum absolute atomic E-state index is 0.0146. The van der Waals surface area contributed by atoms with E-state index in [1.165, 1.54) is 12.1 Å². The molecule has 1 amide bonds. The van der Waals surface area contributed by atoms with Gasteiger partial charge in [-0.1, -0.05) is 42.5 Å². The van der Waals surface area contributed by atoms with Gasteiger partial charge in [0.1, 0.15) is 5.82 Å². The number of nitrogens with zero attached hydrogens (tertiary/aromatic N) is 2. The van der Waals surface area contributed by atoms with Gasteiger partial charge in [-0.3, -0.25) is 9.89 Å². The van der Waals surface area contributed by atoms with Gasteiger partial charge in [0, 0.05) is 11.1 Å². The molecule has 29 heavy (non-hydrogen) atoms. The molecule has 1 saturated heterocycles. The Labute approximate surface area is 168 Å². The van der Waals surface area contributed by atoms with E-state index >= 15 is 0 Å². The molecule has 0 spiro atoms. The zero-order valence-corrected chi connectivity index (χ0v) is 16.0. The molecule has 3 aromatic carbocycles. The molecule has 4 aromatic rings. The van der Waals surface area contributed by atoms with Crippen LogP contribution in [0.15, 0.2) is 79.0 Å². The fourth-order valence-electron chi connectivity index (χ4n) is 4.35. The molecule has 2 heterocycles. The predicted octanol–water partition coefficient (Wildman–Crippen LogP) is 5.14. The van der Waals surface area contributed by atoms with Crippen molar-refractivity contribution < 1.29 is 9.18 Å². The van der Waals surface area contributed by atoms with Crippen LogP contribution in [0.2, 0.25) is 0 Å². The summed E-state index contributed by atoms with van der Waals surface area (Å²) in [5.74, 6) is -0.287. The number of benzene rings is 3. The van der Waals surface area contributed by atoms with Gasteiger partial charge in [-0.15, -0.1) is 0 Å². The van der Waals surface area contributed by atoms with E-state index in [0.717, 1.165) is 27.7 Å². The van der Waals surface area contributed by atoms with Crippen LogP contribution in [0, 0.1) is 5.82 Å². The van der Waals surface area contributed by atoms with Crippen LogP contribution in [0.1, 0.15) is 30.5 Å². The van der Waals surface area contributed by atoms with Crippen LogP contribution in [0.4, 0.5) is 10.1 Å². The van der Waals surface area contributed by atoms with E-state index in [4.69, 9.17) is 0 Å². The molecule has 0 radical (unpaired) electrons. The van der Waals surface area contributed by atoms with Crippen molar-refractivity contribution in [2.45, 2.75) is 24.8 Å². The van der Waals surface area contributed by atoms with Crippen LogP contribution in [-0.2, 0) is 10.2 Å². The molecule has 0 bridgehead atoms. The first-order valence-corrected chi connectivity index (χ1v) is 9.64. The minimum atomic E-state index is -0.737. The van der Waals surface area contributed by atoms with Gasteiger partial charge in [-0.05, 0) is 54.8 Å². The van der Waals surface area contributed by atoms with Gasteiger partial charge in [0.25, 0.3) is 0 Å². The fraction of sp³-hybridized carbons (Fsp3) is 0.167. The van der Waals surface area contributed by atoms with Crippen LogP contribution >= 0.6 is 0 Å². The first kappa shape index (κ1) is 17.6. The molecule has 144 valence electrons. The highest BCUT2D eigenvalue weighted by atomic mass is 19.1. The number of aromatic amines is 1. The summed E-state index contributed by atoms with van der Waals surface area (Å²) in [5, 5.41) is 7.99. The normalized spacial score (nSPS) is 21.8. The van der Waals surface area contributed by atoms with Crippen molar-refractivity contribution in [2.75, 3.05) is 4.90 Å². The Morgan fingerprint density at radius 2 is 1.83 bits per heavy atom. The van der Waals surface area contributed by atoms with E-state index in [-0.39, 0.29) is 17.8 Å². The number of carbonyl (C=O) groups excluding carboxylic acids is 1. The molecule has 1 fully saturated rings. The summed E-state index contributed by atoms with van der Waals surface area (Å²) in [4.78, 5) is 15.7. The Bertz CT molecular complexity index is 1190. The van der Waals surface area contributed by atoms with Gasteiger partial charge in [0.15, 0.2) is 0 Å². The second-order valence-corrected chi connectivity index (χ2v) is 7.79. The van der Waals surface area contributed by atoms with Crippen LogP contribution < -0.4 is 4.90 Å². The molecule has 5 heteroatoms. The van der Waals surface area contributed by atoms with E-state index in [2.05, 4.69) is 22.3 Å². The van der Waals surface area contributed by atoms with Gasteiger partial charge in [-0.25, -0.2) is 4.39 Å². The Morgan fingerprint density at radius 3 is 2.59 bits per heavy atom. The first-order chi connectivity index (χ1) is 14.1. The van der Waals surface area contributed by atoms with Crippen LogP contribution in [0.5, 0.6) is 0 Å². The Balaban J connectivity index is 1.65. The number of aromatic nitrogens is 2. The molecule has 1 aliphatic rings. The number of rotatable bonds is 3. The molecule has 1 N–H and O–H groups in total. The van der Waals surface area contributed by atoms with Crippen molar-refractivity contribution in [1.29, 1.82) is 0 Å². The molecular weight excluding hydrogens is 365 g/mol. The quantitative estimate of drug-likeness (QED) is 0.531. The smallest absolute Gasteiger partial charge is 0.238 e. The van der Waals surface area contributed by atoms with E-state index in [0.29, 0.717) is 6.42 Å². The lowest BCUT2D eigenvalue weighted by Gasteiger charge is -2.26. The van der Waals surface area contributed by atoms with Crippen molar-refractivity contribution >= 4 is 22.5 Å². The maximum absolute atomic E-state index is 13.8. The predicted molar refractivity (Wildman–Crippen MR) is 111 cm³/mol. The van der Waals surface area contributed by atoms with Gasteiger partial charge in [0.2, 0.25) is 5.91 Å². The number of H-pyrrole nitrogens is 1. The molecule has 1 aromatic heterocycles. The number of fused-ring (bicyclic) bond motifs is 1. The van der Waals surface area contributed by atoms with Crippen LogP contribution in [0.3, 0.4) is 0 Å². The first-order valence-electron chi connectivity index (χ1n) is 9.64. The monoisotopic (exact) mass is 385 g/mol. The highest BCUT2D eigenvalue weighted by Gasteiger charge is 2.50. The van der Waals surface area contributed by atoms with Crippen molar-refractivity contribution in [3.63, 3.8) is 0 Å². The summed E-state index contributed by atoms with van der Waals surface area (Å²) in [7, 11) is 0. The largest absolute Gasteiger partial charge is 0.304 e. The average molecular weight is 385 g/mol. The van der Waals surface area contributed by atoms with Crippen molar-refractivity contribution in [1.82, 2.24) is 10.2 Å². The summed E-state index contributed by atoms with van der Waals surface area (Å²) in [5.41, 5.74) is 2.94. The number of anilines is 1. The lowest BCUT2D eigenvalue weighted by atomic mass is 9.79. The zero-order valence-electron chi connectivity index (χ0n) is 16.0. The van der Waals surface area contributed by atoms with Crippen molar-refractivity contribution in [3.8, 4) is 0 Å². The summed E-state index contributed by atoms with van der Waals surface area (Å²) in [6.45, 7) is 1.95. The lowest BCUT2D eigenvalue weighted by Crippen LogP contribution is -2.36. The maximum Gasteiger partial charge on any atom is 0.238 e. The lowest BCUT2D eigenvalue weighted by molar-refractivity contribution is -0.121. The molecule has 0 aliphatic carbocycles. The molecule has 4 nitrogen and oxygen atoms in total. The van der Waals surface area contributed by atoms with E-state index in [1.54, 1.807) is 18.3 Å². The summed E-state index contributed by atoms with van der Waals surface area (Å²) >= 11 is 0. The SMILES string of the molecule is CC1(c2ccc(F)cc2)CC(c2ccccc2)N(c2ccc3[nH]ncc3c2)C1=O. The number of amides is 1. The number of hydrogen-bond donors (Lipinski definition) is 1. The van der Waals surface area contributed by atoms with Crippen molar-refractivity contribution in [3.05, 3.63) is 95.9 Å². The molecule has 1 aliphatic heterocycles. The van der Waals surface area contributed by atoms with E-state index in [9.17, 15) is 9.18 Å². The standard InChI is InChI=1S/C24H20FN3O/c1-24(18-7-9-19(25)10-8-18)14-22(16-5-3-2-4-6-16)28(23(24)29)20-11-12-21-17(13-20)15-26-27-21/h2-13,15,22H,14H2,1H3,(H,26,27). The number of nitrogens with one attached hydrogen (secondary N) is 1. The van der Waals surface area contributed by atoms with Crippen LogP contribution in [0.25, 0.3) is 10.9 Å². The van der Waals surface area contributed by atoms with E-state index in [1.807, 2.05) is 48.2 Å². The molecule has 0 saturated carbocycles. The van der Waals surface area contributed by atoms with Gasteiger partial charge >= 0.3 is 0 Å². The van der Waals surface area contributed by atoms with Gasteiger partial charge in [0.05, 0.1) is 23.2 Å². The topological polar surface area (TPSA) is 49.0 Å². The zero-order chi connectivity index (χ0) is 20.0. The maximum atomic E-state index is 13.8. The minimum Gasteiger partial charge on any atom is -0.304 e. The summed E-state index contributed by atoms with van der Waals surface area (Å²) < 4.78 is 13.5. The Morgan fingerprint density at radius 1 is 1.07 bits per heavy atom. The molecule has 2 unspecified atom stereocenters. The highest BCUT2D eigenvalue weighted by molar-refractivity contribution is 6.05. The Hall–Kier alpha value is -3.47. The average Bonchev–Trinajstić information content (AvgIpc) is 3.32. The molecular formula is C24H20FN3O. The van der Waals surface area contributed by atoms with Gasteiger partial charge < -0.3 is 4.90 Å². The molecule has 5 rings (SSSR count). The fourth-order valence-corrected chi connectivity index (χ4v) is 4.35. The summed E-state index contributed by atoms with van der Waals surface area (Å²) in [6.07, 6.45) is 2.38. The Kier molecular flexibility index (Phi) is 3.98. The number of hydrogen-bond acceptors (Lipinski definition) is 2. The number of carbonyl (C=O) groups is 1. The van der Waals surface area contributed by atoms with Gasteiger partial charge in [-0.2, -0.15) is 5.10 Å². The third kappa shape index (κ3) is 2.81. The molecule has 2 atom stereocenters. The third-order valence-electron chi connectivity index (χ3n) is 5.97. The second kappa shape index (κ2) is 6.55. The van der Waals surface area contributed by atoms with E-state index < -0.39 is 5.41 Å².